The summed E-state index contributed by atoms with van der Waals surface area (Å²) in [4.78, 5) is 24.8. The minimum absolute atomic E-state index is 0.0770. The van der Waals surface area contributed by atoms with E-state index in [2.05, 4.69) is 16.9 Å². The van der Waals surface area contributed by atoms with Gasteiger partial charge in [-0.1, -0.05) is 42.1 Å². The molecule has 114 valence electrons. The van der Waals surface area contributed by atoms with Gasteiger partial charge in [-0.25, -0.2) is 4.79 Å². The second-order valence-corrected chi connectivity index (χ2v) is 4.73. The van der Waals surface area contributed by atoms with Gasteiger partial charge in [-0.3, -0.25) is 4.79 Å². The average molecular weight is 307 g/mol. The Kier molecular flexibility index (Phi) is 3.97. The minimum Gasteiger partial charge on any atom is -0.458 e. The number of aromatic nitrogens is 3. The number of fused-ring (bicyclic) bond motifs is 1. The first-order valence-electron chi connectivity index (χ1n) is 6.94. The van der Waals surface area contributed by atoms with Crippen molar-refractivity contribution >= 4 is 22.9 Å². The molecule has 0 fully saturated rings. The molecular formula is C17H13N3O3. The maximum atomic E-state index is 12.8. The quantitative estimate of drug-likeness (QED) is 0.547. The summed E-state index contributed by atoms with van der Waals surface area (Å²) < 4.78 is 6.19. The van der Waals surface area contributed by atoms with E-state index >= 15 is 0 Å². The van der Waals surface area contributed by atoms with Crippen LogP contribution in [0.1, 0.15) is 20.7 Å². The van der Waals surface area contributed by atoms with E-state index in [0.717, 1.165) is 0 Å². The SMILES string of the molecule is C=CCOC(=O)c1ccccc1C(=O)n1nnc2ccccc21. The summed E-state index contributed by atoms with van der Waals surface area (Å²) in [5.41, 5.74) is 1.57. The van der Waals surface area contributed by atoms with E-state index in [0.29, 0.717) is 11.0 Å². The molecule has 0 spiro atoms. The van der Waals surface area contributed by atoms with Gasteiger partial charge >= 0.3 is 5.97 Å². The molecule has 0 unspecified atom stereocenters. The summed E-state index contributed by atoms with van der Waals surface area (Å²) in [5.74, 6) is -1.02. The van der Waals surface area contributed by atoms with Crippen molar-refractivity contribution in [2.45, 2.75) is 0 Å². The first-order chi connectivity index (χ1) is 11.2. The van der Waals surface area contributed by atoms with Crippen molar-refractivity contribution in [3.05, 3.63) is 72.3 Å². The number of carbonyl (C=O) groups excluding carboxylic acids is 2. The Morgan fingerprint density at radius 2 is 1.78 bits per heavy atom. The molecule has 0 saturated carbocycles. The first kappa shape index (κ1) is 14.6. The molecule has 0 saturated heterocycles. The van der Waals surface area contributed by atoms with Gasteiger partial charge in [-0.2, -0.15) is 4.68 Å². The predicted octanol–water partition coefficient (Wildman–Crippen LogP) is 2.46. The Bertz CT molecular complexity index is 899. The fraction of sp³-hybridized carbons (Fsp3) is 0.0588. The highest BCUT2D eigenvalue weighted by Crippen LogP contribution is 2.16. The highest BCUT2D eigenvalue weighted by atomic mass is 16.5. The van der Waals surface area contributed by atoms with Crippen LogP contribution in [0.25, 0.3) is 11.0 Å². The molecule has 0 N–H and O–H groups in total. The summed E-state index contributed by atoms with van der Waals surface area (Å²) in [5, 5.41) is 7.84. The van der Waals surface area contributed by atoms with Crippen molar-refractivity contribution < 1.29 is 14.3 Å². The zero-order valence-corrected chi connectivity index (χ0v) is 12.2. The van der Waals surface area contributed by atoms with E-state index in [4.69, 9.17) is 4.74 Å². The van der Waals surface area contributed by atoms with Crippen molar-refractivity contribution in [2.75, 3.05) is 6.61 Å². The van der Waals surface area contributed by atoms with E-state index in [1.54, 1.807) is 36.4 Å². The molecule has 0 amide bonds. The van der Waals surface area contributed by atoms with E-state index in [-0.39, 0.29) is 17.7 Å². The zero-order valence-electron chi connectivity index (χ0n) is 12.2. The van der Waals surface area contributed by atoms with Crippen LogP contribution in [0.4, 0.5) is 0 Å². The summed E-state index contributed by atoms with van der Waals surface area (Å²) in [6.45, 7) is 3.57. The van der Waals surface area contributed by atoms with Crippen LogP contribution in [0.5, 0.6) is 0 Å². The summed E-state index contributed by atoms with van der Waals surface area (Å²) in [7, 11) is 0. The van der Waals surface area contributed by atoms with Crippen molar-refractivity contribution in [1.29, 1.82) is 0 Å². The van der Waals surface area contributed by atoms with Gasteiger partial charge in [-0.15, -0.1) is 5.10 Å². The molecular weight excluding hydrogens is 294 g/mol. The monoisotopic (exact) mass is 307 g/mol. The van der Waals surface area contributed by atoms with Crippen molar-refractivity contribution in [3.8, 4) is 0 Å². The summed E-state index contributed by atoms with van der Waals surface area (Å²) in [6.07, 6.45) is 1.47. The fourth-order valence-electron chi connectivity index (χ4n) is 2.19. The molecule has 3 aromatic rings. The maximum Gasteiger partial charge on any atom is 0.339 e. The lowest BCUT2D eigenvalue weighted by Crippen LogP contribution is -2.18. The fourth-order valence-corrected chi connectivity index (χ4v) is 2.19. The standard InChI is InChI=1S/C17H13N3O3/c1-2-11-23-17(22)13-8-4-3-7-12(13)16(21)20-15-10-6-5-9-14(15)18-19-20/h2-10H,1,11H2. The Labute approximate surface area is 132 Å². The second-order valence-electron chi connectivity index (χ2n) is 4.73. The van der Waals surface area contributed by atoms with E-state index < -0.39 is 11.9 Å². The maximum absolute atomic E-state index is 12.8. The number of hydrogen-bond acceptors (Lipinski definition) is 5. The van der Waals surface area contributed by atoms with Crippen LogP contribution in [0, 0.1) is 0 Å². The third-order valence-corrected chi connectivity index (χ3v) is 3.25. The number of ether oxygens (including phenoxy) is 1. The van der Waals surface area contributed by atoms with Gasteiger partial charge in [0.15, 0.2) is 0 Å². The van der Waals surface area contributed by atoms with Crippen LogP contribution < -0.4 is 0 Å². The molecule has 0 bridgehead atoms. The molecule has 0 aliphatic carbocycles. The molecule has 1 heterocycles. The van der Waals surface area contributed by atoms with Gasteiger partial charge < -0.3 is 4.74 Å². The van der Waals surface area contributed by atoms with Gasteiger partial charge in [0, 0.05) is 0 Å². The van der Waals surface area contributed by atoms with Gasteiger partial charge in [-0.05, 0) is 24.3 Å². The lowest BCUT2D eigenvalue weighted by atomic mass is 10.1. The highest BCUT2D eigenvalue weighted by Gasteiger charge is 2.21. The number of carbonyl (C=O) groups is 2. The minimum atomic E-state index is -0.585. The molecule has 0 aliphatic rings. The predicted molar refractivity (Wildman–Crippen MR) is 84.2 cm³/mol. The van der Waals surface area contributed by atoms with E-state index in [1.807, 2.05) is 6.07 Å². The van der Waals surface area contributed by atoms with Crippen LogP contribution in [-0.2, 0) is 4.74 Å². The topological polar surface area (TPSA) is 74.1 Å². The second kappa shape index (κ2) is 6.23. The molecule has 0 aliphatic heterocycles. The third-order valence-electron chi connectivity index (χ3n) is 3.25. The van der Waals surface area contributed by atoms with Gasteiger partial charge in [0.1, 0.15) is 12.1 Å². The van der Waals surface area contributed by atoms with E-state index in [1.165, 1.54) is 16.8 Å². The Morgan fingerprint density at radius 1 is 1.09 bits per heavy atom. The molecule has 2 aromatic carbocycles. The van der Waals surface area contributed by atoms with E-state index in [9.17, 15) is 9.59 Å². The summed E-state index contributed by atoms with van der Waals surface area (Å²) in [6, 6.07) is 13.5. The van der Waals surface area contributed by atoms with Gasteiger partial charge in [0.25, 0.3) is 5.91 Å². The molecule has 6 heteroatoms. The summed E-state index contributed by atoms with van der Waals surface area (Å²) >= 11 is 0. The Morgan fingerprint density at radius 3 is 2.57 bits per heavy atom. The molecule has 0 radical (unpaired) electrons. The molecule has 1 aromatic heterocycles. The Balaban J connectivity index is 2.03. The highest BCUT2D eigenvalue weighted by molar-refractivity contribution is 6.08. The van der Waals surface area contributed by atoms with Gasteiger partial charge in [0.05, 0.1) is 16.6 Å². The number of rotatable bonds is 4. The van der Waals surface area contributed by atoms with Crippen molar-refractivity contribution in [1.82, 2.24) is 15.0 Å². The largest absolute Gasteiger partial charge is 0.458 e. The van der Waals surface area contributed by atoms with Crippen LogP contribution in [0.3, 0.4) is 0 Å². The molecule has 0 atom stereocenters. The normalized spacial score (nSPS) is 10.4. The van der Waals surface area contributed by atoms with Crippen molar-refractivity contribution in [3.63, 3.8) is 0 Å². The molecule has 3 rings (SSSR count). The smallest absolute Gasteiger partial charge is 0.339 e. The number of hydrogen-bond donors (Lipinski definition) is 0. The van der Waals surface area contributed by atoms with Crippen LogP contribution >= 0.6 is 0 Å². The van der Waals surface area contributed by atoms with Crippen LogP contribution in [0.15, 0.2) is 61.2 Å². The lowest BCUT2D eigenvalue weighted by Gasteiger charge is -2.08. The van der Waals surface area contributed by atoms with Crippen LogP contribution in [-0.4, -0.2) is 33.5 Å². The van der Waals surface area contributed by atoms with Crippen molar-refractivity contribution in [2.24, 2.45) is 0 Å². The number of esters is 1. The average Bonchev–Trinajstić information content (AvgIpc) is 3.03. The first-order valence-corrected chi connectivity index (χ1v) is 6.94. The van der Waals surface area contributed by atoms with Gasteiger partial charge in [0.2, 0.25) is 0 Å². The zero-order chi connectivity index (χ0) is 16.2. The molecule has 23 heavy (non-hydrogen) atoms. The number of benzene rings is 2. The van der Waals surface area contributed by atoms with Crippen LogP contribution in [0.2, 0.25) is 0 Å². The number of nitrogens with zero attached hydrogens (tertiary/aromatic N) is 3. The third kappa shape index (κ3) is 2.74. The molecule has 6 nitrogen and oxygen atoms in total. The number of para-hydroxylation sites is 1. The Hall–Kier alpha value is -3.28. The lowest BCUT2D eigenvalue weighted by molar-refractivity contribution is 0.0546.